The molecule has 0 aliphatic carbocycles. The molecule has 0 fully saturated rings. The molecule has 3 aromatic rings. The molecule has 3 nitrogen and oxygen atoms in total. The van der Waals surface area contributed by atoms with Crippen molar-refractivity contribution in [2.45, 2.75) is 13.8 Å². The van der Waals surface area contributed by atoms with E-state index < -0.39 is 0 Å². The molecule has 3 rings (SSSR count). The number of aromatic nitrogens is 1. The van der Waals surface area contributed by atoms with Gasteiger partial charge in [0.25, 0.3) is 5.91 Å². The van der Waals surface area contributed by atoms with Gasteiger partial charge in [-0.2, -0.15) is 0 Å². The monoisotopic (exact) mass is 278 g/mol. The van der Waals surface area contributed by atoms with Crippen molar-refractivity contribution in [2.24, 2.45) is 0 Å². The van der Waals surface area contributed by atoms with E-state index in [4.69, 9.17) is 0 Å². The molecule has 0 aliphatic heterocycles. The summed E-state index contributed by atoms with van der Waals surface area (Å²) in [5.74, 6) is -0.0295. The fourth-order valence-electron chi connectivity index (χ4n) is 2.66. The molecule has 0 atom stereocenters. The molecule has 0 bridgehead atoms. The number of hydrogen-bond donors (Lipinski definition) is 1. The highest BCUT2D eigenvalue weighted by Crippen LogP contribution is 2.23. The van der Waals surface area contributed by atoms with Gasteiger partial charge in [-0.1, -0.05) is 35.9 Å². The van der Waals surface area contributed by atoms with Gasteiger partial charge in [0.15, 0.2) is 0 Å². The topological polar surface area (TPSA) is 36.1 Å². The van der Waals surface area contributed by atoms with Crippen molar-refractivity contribution in [3.63, 3.8) is 0 Å². The third-order valence-corrected chi connectivity index (χ3v) is 3.78. The summed E-state index contributed by atoms with van der Waals surface area (Å²) in [4.78, 5) is 17.5. The summed E-state index contributed by atoms with van der Waals surface area (Å²) in [6.45, 7) is 4.08. The van der Waals surface area contributed by atoms with E-state index in [1.165, 1.54) is 5.56 Å². The number of fused-ring (bicyclic) bond motifs is 1. The van der Waals surface area contributed by atoms with E-state index in [2.05, 4.69) is 18.0 Å². The highest BCUT2D eigenvalue weighted by molar-refractivity contribution is 6.07. The second kappa shape index (κ2) is 5.09. The van der Waals surface area contributed by atoms with Gasteiger partial charge in [-0.3, -0.25) is 4.79 Å². The number of amides is 1. The fourth-order valence-corrected chi connectivity index (χ4v) is 2.66. The minimum absolute atomic E-state index is 0.0295. The zero-order valence-electron chi connectivity index (χ0n) is 12.5. The number of carbonyl (C=O) groups is 1. The molecule has 0 unspecified atom stereocenters. The Bertz CT molecular complexity index is 784. The third kappa shape index (κ3) is 2.42. The van der Waals surface area contributed by atoms with Gasteiger partial charge in [-0.15, -0.1) is 0 Å². The standard InChI is InChI=1S/C18H18N2O/c1-12-8-9-17(13(2)10-12)20(3)18(21)16-11-14-6-4-5-7-15(14)19-16/h4-11,19H,1-3H3. The molecular weight excluding hydrogens is 260 g/mol. The number of para-hydroxylation sites is 1. The SMILES string of the molecule is Cc1ccc(N(C)C(=O)c2cc3ccccc3[nH]2)c(C)c1. The van der Waals surface area contributed by atoms with Crippen LogP contribution in [0.1, 0.15) is 21.6 Å². The van der Waals surface area contributed by atoms with Gasteiger partial charge in [-0.05, 0) is 37.6 Å². The van der Waals surface area contributed by atoms with E-state index in [0.29, 0.717) is 5.69 Å². The Kier molecular flexibility index (Phi) is 3.26. The highest BCUT2D eigenvalue weighted by atomic mass is 16.2. The largest absolute Gasteiger partial charge is 0.351 e. The molecule has 106 valence electrons. The first-order valence-electron chi connectivity index (χ1n) is 6.99. The fraction of sp³-hybridized carbons (Fsp3) is 0.167. The summed E-state index contributed by atoms with van der Waals surface area (Å²) in [6.07, 6.45) is 0. The van der Waals surface area contributed by atoms with Gasteiger partial charge in [0.05, 0.1) is 0 Å². The second-order valence-electron chi connectivity index (χ2n) is 5.42. The number of aryl methyl sites for hydroxylation is 2. The lowest BCUT2D eigenvalue weighted by Gasteiger charge is -2.19. The summed E-state index contributed by atoms with van der Waals surface area (Å²) >= 11 is 0. The van der Waals surface area contributed by atoms with Gasteiger partial charge >= 0.3 is 0 Å². The Morgan fingerprint density at radius 3 is 2.52 bits per heavy atom. The first-order chi connectivity index (χ1) is 10.1. The molecule has 1 heterocycles. The Balaban J connectivity index is 1.97. The third-order valence-electron chi connectivity index (χ3n) is 3.78. The van der Waals surface area contributed by atoms with Gasteiger partial charge in [0, 0.05) is 23.6 Å². The first-order valence-corrected chi connectivity index (χ1v) is 6.99. The van der Waals surface area contributed by atoms with Crippen molar-refractivity contribution < 1.29 is 4.79 Å². The van der Waals surface area contributed by atoms with Crippen molar-refractivity contribution in [1.29, 1.82) is 0 Å². The molecule has 2 aromatic carbocycles. The Labute approximate surface area is 124 Å². The lowest BCUT2D eigenvalue weighted by molar-refractivity contribution is 0.0989. The van der Waals surface area contributed by atoms with E-state index >= 15 is 0 Å². The van der Waals surface area contributed by atoms with Crippen LogP contribution in [-0.4, -0.2) is 17.9 Å². The summed E-state index contributed by atoms with van der Waals surface area (Å²) in [5, 5.41) is 1.05. The van der Waals surface area contributed by atoms with Crippen LogP contribution < -0.4 is 4.90 Å². The number of carbonyl (C=O) groups excluding carboxylic acids is 1. The number of anilines is 1. The number of rotatable bonds is 2. The minimum Gasteiger partial charge on any atom is -0.351 e. The van der Waals surface area contributed by atoms with Crippen LogP contribution in [-0.2, 0) is 0 Å². The van der Waals surface area contributed by atoms with Gasteiger partial charge in [0.2, 0.25) is 0 Å². The van der Waals surface area contributed by atoms with Crippen LogP contribution in [0.3, 0.4) is 0 Å². The van der Waals surface area contributed by atoms with E-state index in [1.54, 1.807) is 4.90 Å². The lowest BCUT2D eigenvalue weighted by atomic mass is 10.1. The van der Waals surface area contributed by atoms with Crippen LogP contribution in [0.5, 0.6) is 0 Å². The molecule has 3 heteroatoms. The molecule has 0 radical (unpaired) electrons. The van der Waals surface area contributed by atoms with Crippen LogP contribution in [0, 0.1) is 13.8 Å². The average molecular weight is 278 g/mol. The maximum absolute atomic E-state index is 12.6. The number of nitrogens with one attached hydrogen (secondary N) is 1. The normalized spacial score (nSPS) is 10.8. The minimum atomic E-state index is -0.0295. The number of H-pyrrole nitrogens is 1. The first kappa shape index (κ1) is 13.4. The molecule has 0 aliphatic rings. The number of aromatic amines is 1. The molecule has 0 saturated carbocycles. The van der Waals surface area contributed by atoms with E-state index in [0.717, 1.165) is 22.2 Å². The van der Waals surface area contributed by atoms with Gasteiger partial charge < -0.3 is 9.88 Å². The van der Waals surface area contributed by atoms with E-state index in [1.807, 2.05) is 56.4 Å². The average Bonchev–Trinajstić information content (AvgIpc) is 2.89. The van der Waals surface area contributed by atoms with Crippen LogP contribution in [0.4, 0.5) is 5.69 Å². The van der Waals surface area contributed by atoms with Crippen LogP contribution in [0.15, 0.2) is 48.5 Å². The summed E-state index contributed by atoms with van der Waals surface area (Å²) in [7, 11) is 1.81. The van der Waals surface area contributed by atoms with Crippen LogP contribution in [0.25, 0.3) is 10.9 Å². The lowest BCUT2D eigenvalue weighted by Crippen LogP contribution is -2.27. The molecule has 1 N–H and O–H groups in total. The van der Waals surface area contributed by atoms with Crippen molar-refractivity contribution in [3.05, 3.63) is 65.4 Å². The number of hydrogen-bond acceptors (Lipinski definition) is 1. The Morgan fingerprint density at radius 1 is 1.05 bits per heavy atom. The van der Waals surface area contributed by atoms with Crippen LogP contribution >= 0.6 is 0 Å². The zero-order chi connectivity index (χ0) is 15.0. The molecule has 1 amide bonds. The highest BCUT2D eigenvalue weighted by Gasteiger charge is 2.17. The molecule has 1 aromatic heterocycles. The predicted octanol–water partition coefficient (Wildman–Crippen LogP) is 4.06. The van der Waals surface area contributed by atoms with Crippen molar-refractivity contribution in [1.82, 2.24) is 4.98 Å². The van der Waals surface area contributed by atoms with Crippen molar-refractivity contribution in [2.75, 3.05) is 11.9 Å². The van der Waals surface area contributed by atoms with Crippen molar-refractivity contribution >= 4 is 22.5 Å². The molecule has 0 saturated heterocycles. The molecule has 0 spiro atoms. The van der Waals surface area contributed by atoms with E-state index in [9.17, 15) is 4.79 Å². The van der Waals surface area contributed by atoms with Crippen LogP contribution in [0.2, 0.25) is 0 Å². The van der Waals surface area contributed by atoms with Gasteiger partial charge in [0.1, 0.15) is 5.69 Å². The predicted molar refractivity (Wildman–Crippen MR) is 86.9 cm³/mol. The number of nitrogens with zero attached hydrogens (tertiary/aromatic N) is 1. The van der Waals surface area contributed by atoms with Crippen molar-refractivity contribution in [3.8, 4) is 0 Å². The maximum Gasteiger partial charge on any atom is 0.274 e. The summed E-state index contributed by atoms with van der Waals surface area (Å²) in [6, 6.07) is 15.9. The Morgan fingerprint density at radius 2 is 1.81 bits per heavy atom. The summed E-state index contributed by atoms with van der Waals surface area (Å²) < 4.78 is 0. The molecule has 21 heavy (non-hydrogen) atoms. The quantitative estimate of drug-likeness (QED) is 0.754. The zero-order valence-corrected chi connectivity index (χ0v) is 12.5. The summed E-state index contributed by atoms with van der Waals surface area (Å²) in [5.41, 5.74) is 4.82. The second-order valence-corrected chi connectivity index (χ2v) is 5.42. The smallest absolute Gasteiger partial charge is 0.274 e. The van der Waals surface area contributed by atoms with E-state index in [-0.39, 0.29) is 5.91 Å². The maximum atomic E-state index is 12.6. The number of benzene rings is 2. The molecular formula is C18H18N2O. The van der Waals surface area contributed by atoms with Gasteiger partial charge in [-0.25, -0.2) is 0 Å². The Hall–Kier alpha value is -2.55.